The number of nitrogens with zero attached hydrogens (tertiary/aromatic N) is 3. The van der Waals surface area contributed by atoms with E-state index in [2.05, 4.69) is 15.9 Å². The van der Waals surface area contributed by atoms with E-state index in [-0.39, 0.29) is 5.78 Å². The number of rotatable bonds is 2. The van der Waals surface area contributed by atoms with Crippen LogP contribution < -0.4 is 0 Å². The topological polar surface area (TPSA) is 39.3 Å². The number of halogens is 1. The molecule has 0 aliphatic rings. The number of aryl methyl sites for hydroxylation is 1. The van der Waals surface area contributed by atoms with E-state index >= 15 is 0 Å². The van der Waals surface area contributed by atoms with E-state index in [1.807, 2.05) is 64.5 Å². The van der Waals surface area contributed by atoms with Crippen LogP contribution in [0.4, 0.5) is 0 Å². The second-order valence-corrected chi connectivity index (χ2v) is 6.47. The molecule has 0 aliphatic carbocycles. The molecule has 0 fully saturated rings. The van der Waals surface area contributed by atoms with E-state index in [1.165, 1.54) is 0 Å². The average Bonchev–Trinajstić information content (AvgIpc) is 3.06. The molecule has 0 atom stereocenters. The highest BCUT2D eigenvalue weighted by Gasteiger charge is 2.22. The van der Waals surface area contributed by atoms with E-state index in [0.29, 0.717) is 5.69 Å². The van der Waals surface area contributed by atoms with Gasteiger partial charge < -0.3 is 4.57 Å². The summed E-state index contributed by atoms with van der Waals surface area (Å²) < 4.78 is 4.97. The molecule has 0 amide bonds. The highest BCUT2D eigenvalue weighted by molar-refractivity contribution is 9.10. The molecule has 0 spiro atoms. The first kappa shape index (κ1) is 14.2. The van der Waals surface area contributed by atoms with Crippen molar-refractivity contribution in [3.8, 4) is 11.3 Å². The van der Waals surface area contributed by atoms with Gasteiger partial charge in [-0.1, -0.05) is 40.2 Å². The molecule has 0 saturated heterocycles. The zero-order chi connectivity index (χ0) is 16.1. The van der Waals surface area contributed by atoms with E-state index in [1.54, 1.807) is 6.92 Å². The maximum Gasteiger partial charge on any atom is 0.215 e. The monoisotopic (exact) mass is 367 g/mol. The molecular formula is C18H14BrN3O. The Labute approximate surface area is 141 Å². The molecule has 0 saturated carbocycles. The number of benzene rings is 2. The fourth-order valence-electron chi connectivity index (χ4n) is 3.04. The Morgan fingerprint density at radius 2 is 1.70 bits per heavy atom. The summed E-state index contributed by atoms with van der Waals surface area (Å²) in [4.78, 5) is 17.1. The Bertz CT molecular complexity index is 1060. The molecule has 114 valence electrons. The number of fused-ring (bicyclic) bond motifs is 3. The summed E-state index contributed by atoms with van der Waals surface area (Å²) in [6, 6.07) is 15.9. The van der Waals surface area contributed by atoms with Crippen molar-refractivity contribution in [3.63, 3.8) is 0 Å². The first-order valence-electron chi connectivity index (χ1n) is 7.30. The predicted octanol–water partition coefficient (Wildman–Crippen LogP) is 4.46. The molecule has 23 heavy (non-hydrogen) atoms. The first-order valence-corrected chi connectivity index (χ1v) is 8.10. The summed E-state index contributed by atoms with van der Waals surface area (Å²) in [5.41, 5.74) is 4.33. The second kappa shape index (κ2) is 5.06. The predicted molar refractivity (Wildman–Crippen MR) is 94.8 cm³/mol. The van der Waals surface area contributed by atoms with E-state index in [0.717, 1.165) is 32.5 Å². The van der Waals surface area contributed by atoms with E-state index < -0.39 is 0 Å². The van der Waals surface area contributed by atoms with Crippen molar-refractivity contribution in [2.45, 2.75) is 6.92 Å². The third-order valence-corrected chi connectivity index (χ3v) is 4.62. The van der Waals surface area contributed by atoms with Crippen molar-refractivity contribution < 1.29 is 4.79 Å². The number of hydrogen-bond donors (Lipinski definition) is 0. The molecule has 5 heteroatoms. The number of carbonyl (C=O) groups is 1. The Hall–Kier alpha value is -2.40. The van der Waals surface area contributed by atoms with Crippen LogP contribution in [0.3, 0.4) is 0 Å². The number of carbonyl (C=O) groups excluding carboxylic acids is 1. The lowest BCUT2D eigenvalue weighted by atomic mass is 10.1. The van der Waals surface area contributed by atoms with Gasteiger partial charge in [0.05, 0.1) is 11.0 Å². The molecule has 4 rings (SSSR count). The van der Waals surface area contributed by atoms with Crippen LogP contribution in [0, 0.1) is 0 Å². The Kier molecular flexibility index (Phi) is 3.13. The van der Waals surface area contributed by atoms with Gasteiger partial charge in [0.2, 0.25) is 5.78 Å². The summed E-state index contributed by atoms with van der Waals surface area (Å²) in [5.74, 6) is 0.779. The van der Waals surface area contributed by atoms with E-state index in [4.69, 9.17) is 4.98 Å². The molecule has 4 nitrogen and oxygen atoms in total. The van der Waals surface area contributed by atoms with Crippen molar-refractivity contribution in [1.82, 2.24) is 14.0 Å². The van der Waals surface area contributed by atoms with Gasteiger partial charge in [0.25, 0.3) is 0 Å². The molecule has 2 heterocycles. The highest BCUT2D eigenvalue weighted by atomic mass is 79.9. The third-order valence-electron chi connectivity index (χ3n) is 4.09. The van der Waals surface area contributed by atoms with Gasteiger partial charge in [0.1, 0.15) is 11.4 Å². The summed E-state index contributed by atoms with van der Waals surface area (Å²) >= 11 is 3.44. The third kappa shape index (κ3) is 2.04. The van der Waals surface area contributed by atoms with Gasteiger partial charge in [0, 0.05) is 24.0 Å². The molecule has 4 aromatic rings. The Balaban J connectivity index is 2.14. The summed E-state index contributed by atoms with van der Waals surface area (Å²) in [7, 11) is 1.97. The lowest BCUT2D eigenvalue weighted by molar-refractivity contribution is 0.101. The molecule has 0 unspecified atom stereocenters. The van der Waals surface area contributed by atoms with Crippen LogP contribution in [0.25, 0.3) is 28.1 Å². The second-order valence-electron chi connectivity index (χ2n) is 5.56. The summed E-state index contributed by atoms with van der Waals surface area (Å²) in [6.07, 6.45) is 0. The van der Waals surface area contributed by atoms with Crippen LogP contribution in [0.5, 0.6) is 0 Å². The molecular weight excluding hydrogens is 354 g/mol. The van der Waals surface area contributed by atoms with Crippen LogP contribution in [0.2, 0.25) is 0 Å². The van der Waals surface area contributed by atoms with Gasteiger partial charge in [-0.25, -0.2) is 4.98 Å². The number of Topliss-reactive ketones (excluding diaryl/α,β-unsaturated/α-hetero) is 1. The molecule has 0 bridgehead atoms. The number of aromatic nitrogens is 3. The van der Waals surface area contributed by atoms with Crippen molar-refractivity contribution in [2.24, 2.45) is 7.05 Å². The molecule has 2 aromatic carbocycles. The maximum absolute atomic E-state index is 12.4. The lowest BCUT2D eigenvalue weighted by Crippen LogP contribution is -2.00. The fourth-order valence-corrected chi connectivity index (χ4v) is 3.30. The fraction of sp³-hybridized carbons (Fsp3) is 0.111. The zero-order valence-electron chi connectivity index (χ0n) is 12.7. The van der Waals surface area contributed by atoms with Gasteiger partial charge in [-0.3, -0.25) is 9.20 Å². The average molecular weight is 368 g/mol. The van der Waals surface area contributed by atoms with Crippen molar-refractivity contribution in [3.05, 3.63) is 58.7 Å². The maximum atomic E-state index is 12.4. The lowest BCUT2D eigenvalue weighted by Gasteiger charge is -2.02. The van der Waals surface area contributed by atoms with Crippen LogP contribution in [-0.2, 0) is 7.05 Å². The summed E-state index contributed by atoms with van der Waals surface area (Å²) in [6.45, 7) is 1.59. The molecule has 0 N–H and O–H groups in total. The van der Waals surface area contributed by atoms with Crippen LogP contribution in [0.15, 0.2) is 53.0 Å². The minimum atomic E-state index is 0.00627. The van der Waals surface area contributed by atoms with Crippen molar-refractivity contribution in [1.29, 1.82) is 0 Å². The van der Waals surface area contributed by atoms with Gasteiger partial charge in [-0.15, -0.1) is 0 Å². The van der Waals surface area contributed by atoms with Crippen molar-refractivity contribution in [2.75, 3.05) is 0 Å². The van der Waals surface area contributed by atoms with E-state index in [9.17, 15) is 4.79 Å². The molecule has 2 aromatic heterocycles. The number of para-hydroxylation sites is 2. The number of ketones is 1. The smallest absolute Gasteiger partial charge is 0.215 e. The largest absolute Gasteiger partial charge is 0.313 e. The van der Waals surface area contributed by atoms with Gasteiger partial charge in [0.15, 0.2) is 5.78 Å². The van der Waals surface area contributed by atoms with Gasteiger partial charge >= 0.3 is 0 Å². The Morgan fingerprint density at radius 3 is 2.35 bits per heavy atom. The number of imidazole rings is 2. The minimum Gasteiger partial charge on any atom is -0.313 e. The van der Waals surface area contributed by atoms with Crippen LogP contribution in [-0.4, -0.2) is 19.7 Å². The van der Waals surface area contributed by atoms with Gasteiger partial charge in [-0.05, 0) is 24.3 Å². The van der Waals surface area contributed by atoms with Crippen LogP contribution >= 0.6 is 15.9 Å². The molecule has 0 radical (unpaired) electrons. The summed E-state index contributed by atoms with van der Waals surface area (Å²) in [5, 5.41) is 0. The standard InChI is InChI=1S/C18H14BrN3O/c1-11(23)17-16(12-7-9-13(19)10-8-12)20-18-21(2)14-5-3-4-6-15(14)22(17)18/h3-10H,1-2H3. The first-order chi connectivity index (χ1) is 11.1. The van der Waals surface area contributed by atoms with Crippen molar-refractivity contribution >= 4 is 38.5 Å². The highest BCUT2D eigenvalue weighted by Crippen LogP contribution is 2.30. The SMILES string of the molecule is CC(=O)c1c(-c2ccc(Br)cc2)nc2n(C)c3ccccc3n12. The quantitative estimate of drug-likeness (QED) is 0.490. The zero-order valence-corrected chi connectivity index (χ0v) is 14.3. The van der Waals surface area contributed by atoms with Gasteiger partial charge in [-0.2, -0.15) is 0 Å². The number of hydrogen-bond acceptors (Lipinski definition) is 2. The minimum absolute atomic E-state index is 0.00627. The normalized spacial score (nSPS) is 11.4. The molecule has 0 aliphatic heterocycles. The Morgan fingerprint density at radius 1 is 1.04 bits per heavy atom. The van der Waals surface area contributed by atoms with Crippen LogP contribution in [0.1, 0.15) is 17.4 Å².